The van der Waals surface area contributed by atoms with Crippen LogP contribution in [0.4, 0.5) is 4.79 Å². The number of benzene rings is 1. The van der Waals surface area contributed by atoms with Gasteiger partial charge in [-0.25, -0.2) is 4.79 Å². The van der Waals surface area contributed by atoms with E-state index in [0.717, 1.165) is 31.3 Å². The number of amides is 1. The average molecular weight is 519 g/mol. The summed E-state index contributed by atoms with van der Waals surface area (Å²) in [7, 11) is 7.60. The second-order valence-electron chi connectivity index (χ2n) is 6.85. The van der Waals surface area contributed by atoms with Crippen molar-refractivity contribution in [3.63, 3.8) is 0 Å². The van der Waals surface area contributed by atoms with Crippen molar-refractivity contribution in [2.75, 3.05) is 67.6 Å². The molecule has 1 aromatic carbocycles. The Bertz CT molecular complexity index is 646. The van der Waals surface area contributed by atoms with Crippen LogP contribution in [0.3, 0.4) is 0 Å². The zero-order valence-electron chi connectivity index (χ0n) is 18.1. The van der Waals surface area contributed by atoms with Gasteiger partial charge in [-0.1, -0.05) is 12.1 Å². The van der Waals surface area contributed by atoms with Crippen LogP contribution in [0.5, 0.6) is 5.75 Å². The van der Waals surface area contributed by atoms with Gasteiger partial charge in [0.25, 0.3) is 0 Å². The van der Waals surface area contributed by atoms with Gasteiger partial charge in [-0.3, -0.25) is 4.99 Å². The topological polar surface area (TPSA) is 69.6 Å². The van der Waals surface area contributed by atoms with Gasteiger partial charge in [0.2, 0.25) is 0 Å². The maximum Gasteiger partial charge on any atom is 0.409 e. The summed E-state index contributed by atoms with van der Waals surface area (Å²) in [6.45, 7) is 5.68. The Morgan fingerprint density at radius 3 is 2.24 bits per heavy atom. The Morgan fingerprint density at radius 1 is 1.17 bits per heavy atom. The van der Waals surface area contributed by atoms with Gasteiger partial charge in [0.1, 0.15) is 5.75 Å². The zero-order chi connectivity index (χ0) is 20.5. The molecule has 1 fully saturated rings. The normalized spacial score (nSPS) is 15.6. The molecule has 1 aliphatic heterocycles. The van der Waals surface area contributed by atoms with Crippen LogP contribution in [0.25, 0.3) is 0 Å². The molecule has 1 unspecified atom stereocenters. The second kappa shape index (κ2) is 12.7. The highest BCUT2D eigenvalue weighted by atomic mass is 127. The minimum absolute atomic E-state index is 0. The number of halogens is 1. The van der Waals surface area contributed by atoms with E-state index in [9.17, 15) is 4.79 Å². The molecule has 29 heavy (non-hydrogen) atoms. The summed E-state index contributed by atoms with van der Waals surface area (Å²) in [6, 6.07) is 8.34. The number of guanidine groups is 1. The van der Waals surface area contributed by atoms with Gasteiger partial charge in [0, 0.05) is 39.8 Å². The highest BCUT2D eigenvalue weighted by Gasteiger charge is 2.24. The molecule has 0 spiro atoms. The number of aliphatic imine (C=N–C) groups is 1. The smallest absolute Gasteiger partial charge is 0.409 e. The lowest BCUT2D eigenvalue weighted by Crippen LogP contribution is -2.54. The van der Waals surface area contributed by atoms with Crippen LogP contribution in [0, 0.1) is 0 Å². The van der Waals surface area contributed by atoms with E-state index in [0.29, 0.717) is 19.7 Å². The fraction of sp³-hybridized carbons (Fsp3) is 0.600. The van der Waals surface area contributed by atoms with Gasteiger partial charge in [0.15, 0.2) is 5.96 Å². The summed E-state index contributed by atoms with van der Waals surface area (Å²) in [5.41, 5.74) is 1.21. The standard InChI is InChI=1S/C20H33N5O3.HI/c1-6-28-20(26)25-13-11-24(12-14-25)19(21-2)22-15-18(23(3)4)16-7-9-17(27-5)10-8-16;/h7-10,18H,6,11-15H2,1-5H3,(H,21,22);1H. The maximum atomic E-state index is 11.9. The van der Waals surface area contributed by atoms with E-state index in [4.69, 9.17) is 9.47 Å². The zero-order valence-corrected chi connectivity index (χ0v) is 20.4. The van der Waals surface area contributed by atoms with Crippen LogP contribution >= 0.6 is 24.0 Å². The first-order chi connectivity index (χ1) is 13.5. The Hall–Kier alpha value is -1.75. The first-order valence-corrected chi connectivity index (χ1v) is 9.67. The van der Waals surface area contributed by atoms with Crippen molar-refractivity contribution < 1.29 is 14.3 Å². The van der Waals surface area contributed by atoms with Crippen LogP contribution in [-0.4, -0.2) is 94.3 Å². The minimum Gasteiger partial charge on any atom is -0.497 e. The minimum atomic E-state index is -0.239. The molecule has 1 aromatic rings. The number of nitrogens with one attached hydrogen (secondary N) is 1. The summed E-state index contributed by atoms with van der Waals surface area (Å²) in [5, 5.41) is 3.49. The molecule has 0 saturated carbocycles. The van der Waals surface area contributed by atoms with Gasteiger partial charge in [0.05, 0.1) is 19.8 Å². The summed E-state index contributed by atoms with van der Waals surface area (Å²) in [5.74, 6) is 1.70. The lowest BCUT2D eigenvalue weighted by molar-refractivity contribution is 0.0914. The molecule has 0 radical (unpaired) electrons. The van der Waals surface area contributed by atoms with Crippen LogP contribution in [0.2, 0.25) is 0 Å². The molecule has 1 aliphatic rings. The van der Waals surface area contributed by atoms with Gasteiger partial charge in [-0.05, 0) is 38.7 Å². The molecule has 1 N–H and O–H groups in total. The van der Waals surface area contributed by atoms with E-state index >= 15 is 0 Å². The molecule has 1 heterocycles. The molecular formula is C20H34IN5O3. The molecular weight excluding hydrogens is 485 g/mol. The average Bonchev–Trinajstić information content (AvgIpc) is 2.71. The number of piperazine rings is 1. The summed E-state index contributed by atoms with van der Waals surface area (Å²) >= 11 is 0. The molecule has 0 bridgehead atoms. The van der Waals surface area contributed by atoms with Crippen molar-refractivity contribution in [1.29, 1.82) is 0 Å². The Morgan fingerprint density at radius 2 is 1.76 bits per heavy atom. The largest absolute Gasteiger partial charge is 0.497 e. The fourth-order valence-electron chi connectivity index (χ4n) is 3.26. The molecule has 8 nitrogen and oxygen atoms in total. The van der Waals surface area contributed by atoms with E-state index < -0.39 is 0 Å². The molecule has 164 valence electrons. The number of carbonyl (C=O) groups excluding carboxylic acids is 1. The monoisotopic (exact) mass is 519 g/mol. The van der Waals surface area contributed by atoms with Crippen molar-refractivity contribution in [3.05, 3.63) is 29.8 Å². The van der Waals surface area contributed by atoms with Crippen molar-refractivity contribution in [2.24, 2.45) is 4.99 Å². The first kappa shape index (κ1) is 25.3. The molecule has 1 saturated heterocycles. The van der Waals surface area contributed by atoms with E-state index in [1.807, 2.05) is 19.1 Å². The highest BCUT2D eigenvalue weighted by molar-refractivity contribution is 14.0. The molecule has 1 amide bonds. The second-order valence-corrected chi connectivity index (χ2v) is 6.85. The maximum absolute atomic E-state index is 11.9. The first-order valence-electron chi connectivity index (χ1n) is 9.67. The van der Waals surface area contributed by atoms with Crippen LogP contribution < -0.4 is 10.1 Å². The predicted molar refractivity (Wildman–Crippen MR) is 126 cm³/mol. The van der Waals surface area contributed by atoms with Gasteiger partial charge >= 0.3 is 6.09 Å². The van der Waals surface area contributed by atoms with Crippen molar-refractivity contribution in [2.45, 2.75) is 13.0 Å². The van der Waals surface area contributed by atoms with Crippen molar-refractivity contribution in [3.8, 4) is 5.75 Å². The highest BCUT2D eigenvalue weighted by Crippen LogP contribution is 2.20. The molecule has 0 aromatic heterocycles. The SMILES string of the molecule is CCOC(=O)N1CCN(C(=NC)NCC(c2ccc(OC)cc2)N(C)C)CC1.I. The van der Waals surface area contributed by atoms with Crippen molar-refractivity contribution in [1.82, 2.24) is 20.0 Å². The molecule has 1 atom stereocenters. The third-order valence-corrected chi connectivity index (χ3v) is 4.89. The molecule has 9 heteroatoms. The van der Waals surface area contributed by atoms with Crippen LogP contribution in [-0.2, 0) is 4.74 Å². The third kappa shape index (κ3) is 7.22. The third-order valence-electron chi connectivity index (χ3n) is 4.89. The molecule has 0 aliphatic carbocycles. The number of rotatable bonds is 6. The van der Waals surface area contributed by atoms with Crippen molar-refractivity contribution >= 4 is 36.0 Å². The number of hydrogen-bond acceptors (Lipinski definition) is 5. The Labute approximate surface area is 191 Å². The number of hydrogen-bond donors (Lipinski definition) is 1. The Kier molecular flexibility index (Phi) is 11.1. The van der Waals surface area contributed by atoms with Crippen LogP contribution in [0.15, 0.2) is 29.3 Å². The molecule has 2 rings (SSSR count). The number of nitrogens with zero attached hydrogens (tertiary/aromatic N) is 4. The summed E-state index contributed by atoms with van der Waals surface area (Å²) in [4.78, 5) is 22.4. The number of ether oxygens (including phenoxy) is 2. The lowest BCUT2D eigenvalue weighted by Gasteiger charge is -2.36. The summed E-state index contributed by atoms with van der Waals surface area (Å²) in [6.07, 6.45) is -0.239. The lowest BCUT2D eigenvalue weighted by atomic mass is 10.1. The van der Waals surface area contributed by atoms with Gasteiger partial charge < -0.3 is 29.5 Å². The number of carbonyl (C=O) groups is 1. The van der Waals surface area contributed by atoms with Gasteiger partial charge in [-0.2, -0.15) is 0 Å². The van der Waals surface area contributed by atoms with E-state index in [-0.39, 0.29) is 36.1 Å². The van der Waals surface area contributed by atoms with Gasteiger partial charge in [-0.15, -0.1) is 24.0 Å². The number of methoxy groups -OCH3 is 1. The summed E-state index contributed by atoms with van der Waals surface area (Å²) < 4.78 is 10.3. The van der Waals surface area contributed by atoms with E-state index in [2.05, 4.69) is 46.3 Å². The Balaban J connectivity index is 0.00000420. The predicted octanol–water partition coefficient (Wildman–Crippen LogP) is 2.27. The van der Waals surface area contributed by atoms with E-state index in [1.165, 1.54) is 5.56 Å². The quantitative estimate of drug-likeness (QED) is 0.354. The van der Waals surface area contributed by atoms with Crippen LogP contribution in [0.1, 0.15) is 18.5 Å². The number of likely N-dealkylation sites (N-methyl/N-ethyl adjacent to an activating group) is 1. The van der Waals surface area contributed by atoms with E-state index in [1.54, 1.807) is 19.1 Å². The fourth-order valence-corrected chi connectivity index (χ4v) is 3.26.